The molecule has 3 heterocycles. The number of benzene rings is 1. The van der Waals surface area contributed by atoms with Crippen molar-refractivity contribution in [3.8, 4) is 0 Å². The molecule has 1 aromatic carbocycles. The second kappa shape index (κ2) is 3.09. The summed E-state index contributed by atoms with van der Waals surface area (Å²) in [4.78, 5) is 13.9. The fourth-order valence-corrected chi connectivity index (χ4v) is 6.19. The van der Waals surface area contributed by atoms with Gasteiger partial charge in [0.1, 0.15) is 0 Å². The van der Waals surface area contributed by atoms with Crippen LogP contribution < -0.4 is 0 Å². The maximum Gasteiger partial charge on any atom is 0.184 e. The number of ketones is 1. The minimum absolute atomic E-state index is 0.303. The Morgan fingerprint density at radius 2 is 1.94 bits per heavy atom. The molecule has 1 aliphatic rings. The Labute approximate surface area is 104 Å². The second-order valence-electron chi connectivity index (χ2n) is 3.73. The van der Waals surface area contributed by atoms with Gasteiger partial charge < -0.3 is 0 Å². The zero-order valence-electron chi connectivity index (χ0n) is 8.15. The number of carbonyl (C=O) groups excluding carboxylic acids is 1. The van der Waals surface area contributed by atoms with Crippen molar-refractivity contribution in [2.24, 2.45) is 0 Å². The summed E-state index contributed by atoms with van der Waals surface area (Å²) in [6, 6.07) is 8.44. The normalized spacial score (nSPS) is 15.1. The molecule has 0 radical (unpaired) electrons. The zero-order chi connectivity index (χ0) is 10.7. The van der Waals surface area contributed by atoms with Gasteiger partial charge in [-0.15, -0.1) is 34.4 Å². The first-order valence-electron chi connectivity index (χ1n) is 4.94. The molecular weight excluding hydrogens is 256 g/mol. The van der Waals surface area contributed by atoms with Gasteiger partial charge in [0.25, 0.3) is 0 Å². The van der Waals surface area contributed by atoms with E-state index in [0.29, 0.717) is 11.5 Å². The van der Waals surface area contributed by atoms with Crippen LogP contribution in [-0.2, 0) is 0 Å². The van der Waals surface area contributed by atoms with Crippen molar-refractivity contribution >= 4 is 59.7 Å². The molecule has 1 aliphatic heterocycles. The third-order valence-corrected chi connectivity index (χ3v) is 6.71. The molecule has 1 nitrogen and oxygen atoms in total. The Morgan fingerprint density at radius 3 is 2.88 bits per heavy atom. The van der Waals surface area contributed by atoms with Gasteiger partial charge in [0.2, 0.25) is 0 Å². The largest absolute Gasteiger partial charge is 0.292 e. The first kappa shape index (κ1) is 9.22. The fourth-order valence-electron chi connectivity index (χ4n) is 2.04. The number of carbonyl (C=O) groups is 1. The van der Waals surface area contributed by atoms with E-state index < -0.39 is 0 Å². The van der Waals surface area contributed by atoms with Crippen LogP contribution in [0, 0.1) is 0 Å². The average Bonchev–Trinajstić information content (AvgIpc) is 2.91. The first-order valence-corrected chi connectivity index (χ1v) is 7.56. The minimum atomic E-state index is 0.303. The third kappa shape index (κ3) is 1.04. The lowest BCUT2D eigenvalue weighted by atomic mass is 10.2. The highest BCUT2D eigenvalue weighted by Crippen LogP contribution is 2.49. The smallest absolute Gasteiger partial charge is 0.184 e. The van der Waals surface area contributed by atoms with E-state index in [1.165, 1.54) is 24.4 Å². The topological polar surface area (TPSA) is 17.1 Å². The summed E-state index contributed by atoms with van der Waals surface area (Å²) >= 11 is 5.18. The predicted molar refractivity (Wildman–Crippen MR) is 72.3 cm³/mol. The van der Waals surface area contributed by atoms with Crippen molar-refractivity contribution in [1.82, 2.24) is 0 Å². The van der Waals surface area contributed by atoms with Crippen LogP contribution in [-0.4, -0.2) is 11.5 Å². The van der Waals surface area contributed by atoms with Crippen LogP contribution in [0.2, 0.25) is 0 Å². The van der Waals surface area contributed by atoms with Crippen LogP contribution in [0.5, 0.6) is 0 Å². The summed E-state index contributed by atoms with van der Waals surface area (Å²) in [5, 5.41) is 1.30. The number of thioether (sulfide) groups is 1. The van der Waals surface area contributed by atoms with Crippen LogP contribution in [0.1, 0.15) is 9.67 Å². The molecule has 0 atom stereocenters. The first-order chi connectivity index (χ1) is 7.84. The third-order valence-electron chi connectivity index (χ3n) is 2.77. The van der Waals surface area contributed by atoms with Gasteiger partial charge in [0, 0.05) is 15.0 Å². The van der Waals surface area contributed by atoms with Gasteiger partial charge in [0.05, 0.1) is 20.0 Å². The summed E-state index contributed by atoms with van der Waals surface area (Å²) in [6.45, 7) is 0. The molecule has 16 heavy (non-hydrogen) atoms. The molecule has 0 unspecified atom stereocenters. The van der Waals surface area contributed by atoms with Gasteiger partial charge in [-0.05, 0) is 6.07 Å². The quantitative estimate of drug-likeness (QED) is 0.597. The van der Waals surface area contributed by atoms with E-state index in [9.17, 15) is 4.79 Å². The summed E-state index contributed by atoms with van der Waals surface area (Å²) in [7, 11) is 0. The van der Waals surface area contributed by atoms with Crippen LogP contribution in [0.3, 0.4) is 0 Å². The average molecular weight is 262 g/mol. The number of hydrogen-bond acceptors (Lipinski definition) is 4. The summed E-state index contributed by atoms with van der Waals surface area (Å²) < 4.78 is 3.94. The highest BCUT2D eigenvalue weighted by atomic mass is 32.2. The van der Waals surface area contributed by atoms with E-state index >= 15 is 0 Å². The summed E-state index contributed by atoms with van der Waals surface area (Å²) in [5.74, 6) is 0.934. The molecule has 0 aliphatic carbocycles. The Balaban J connectivity index is 2.22. The maximum absolute atomic E-state index is 11.7. The number of fused-ring (bicyclic) bond motifs is 5. The minimum Gasteiger partial charge on any atom is -0.292 e. The van der Waals surface area contributed by atoms with Crippen molar-refractivity contribution in [2.45, 2.75) is 4.90 Å². The van der Waals surface area contributed by atoms with E-state index in [0.717, 1.165) is 4.88 Å². The lowest BCUT2D eigenvalue weighted by molar-refractivity contribution is 0.102. The Bertz CT molecular complexity index is 735. The van der Waals surface area contributed by atoms with E-state index in [4.69, 9.17) is 0 Å². The van der Waals surface area contributed by atoms with Crippen LogP contribution in [0.25, 0.3) is 19.5 Å². The van der Waals surface area contributed by atoms with E-state index in [2.05, 4.69) is 24.3 Å². The lowest BCUT2D eigenvalue weighted by Crippen LogP contribution is -1.90. The molecule has 0 N–H and O–H groups in total. The Kier molecular flexibility index (Phi) is 1.78. The van der Waals surface area contributed by atoms with Gasteiger partial charge in [-0.1, -0.05) is 18.2 Å². The summed E-state index contributed by atoms with van der Waals surface area (Å²) in [5.41, 5.74) is 0. The van der Waals surface area contributed by atoms with Gasteiger partial charge in [-0.3, -0.25) is 4.79 Å². The van der Waals surface area contributed by atoms with Gasteiger partial charge in [0.15, 0.2) is 5.78 Å². The van der Waals surface area contributed by atoms with Crippen molar-refractivity contribution in [3.05, 3.63) is 29.1 Å². The molecule has 0 saturated carbocycles. The van der Waals surface area contributed by atoms with Gasteiger partial charge in [-0.25, -0.2) is 0 Å². The highest BCUT2D eigenvalue weighted by Gasteiger charge is 2.27. The predicted octanol–water partition coefficient (Wildman–Crippen LogP) is 4.40. The number of thiophene rings is 2. The zero-order valence-corrected chi connectivity index (χ0v) is 10.6. The number of hydrogen-bond donors (Lipinski definition) is 0. The molecule has 0 spiro atoms. The molecular formula is C12H6OS3. The van der Waals surface area contributed by atoms with Crippen molar-refractivity contribution in [2.75, 3.05) is 5.75 Å². The SMILES string of the molecule is O=C1CSc2c1sc1c2sc2ccccc21. The van der Waals surface area contributed by atoms with Crippen LogP contribution in [0.15, 0.2) is 29.2 Å². The van der Waals surface area contributed by atoms with E-state index in [1.807, 2.05) is 11.3 Å². The standard InChI is InChI=1S/C12H6OS3/c13-7-5-14-11-10(7)16-9-6-3-1-2-4-8(6)15-12(9)11/h1-4H,5H2. The lowest BCUT2D eigenvalue weighted by Gasteiger charge is -1.86. The molecule has 4 heteroatoms. The maximum atomic E-state index is 11.7. The monoisotopic (exact) mass is 262 g/mol. The number of Topliss-reactive ketones (excluding diaryl/α,β-unsaturated/α-hetero) is 1. The molecule has 4 rings (SSSR count). The molecule has 78 valence electrons. The molecule has 0 amide bonds. The Morgan fingerprint density at radius 1 is 1.06 bits per heavy atom. The highest BCUT2D eigenvalue weighted by molar-refractivity contribution is 8.01. The molecule has 2 aromatic heterocycles. The summed E-state index contributed by atoms with van der Waals surface area (Å²) in [6.07, 6.45) is 0. The Hall–Kier alpha value is -0.840. The van der Waals surface area contributed by atoms with Crippen molar-refractivity contribution in [1.29, 1.82) is 0 Å². The molecule has 0 saturated heterocycles. The van der Waals surface area contributed by atoms with Crippen molar-refractivity contribution in [3.63, 3.8) is 0 Å². The van der Waals surface area contributed by atoms with Crippen molar-refractivity contribution < 1.29 is 4.79 Å². The van der Waals surface area contributed by atoms with E-state index in [1.54, 1.807) is 23.1 Å². The van der Waals surface area contributed by atoms with Gasteiger partial charge >= 0.3 is 0 Å². The second-order valence-corrected chi connectivity index (χ2v) is 6.79. The molecule has 3 aromatic rings. The number of rotatable bonds is 0. The van der Waals surface area contributed by atoms with Crippen LogP contribution in [0.4, 0.5) is 0 Å². The molecule has 0 bridgehead atoms. The van der Waals surface area contributed by atoms with Crippen LogP contribution >= 0.6 is 34.4 Å². The van der Waals surface area contributed by atoms with E-state index in [-0.39, 0.29) is 0 Å². The fraction of sp³-hybridized carbons (Fsp3) is 0.0833. The van der Waals surface area contributed by atoms with Gasteiger partial charge in [-0.2, -0.15) is 0 Å². The molecule has 0 fully saturated rings.